The maximum Gasteiger partial charge on any atom is 0.101 e. The van der Waals surface area contributed by atoms with Gasteiger partial charge in [-0.3, -0.25) is 0 Å². The fraction of sp³-hybridized carbons (Fsp3) is 0.800. The Bertz CT molecular complexity index is 39.1. The van der Waals surface area contributed by atoms with E-state index in [4.69, 9.17) is 4.74 Å². The molecule has 0 radical (unpaired) electrons. The van der Waals surface area contributed by atoms with Crippen LogP contribution < -0.4 is 5.32 Å². The smallest absolute Gasteiger partial charge is 0.101 e. The maximum atomic E-state index is 4.92. The molecule has 0 fully saturated rings. The Hall–Kier alpha value is -0.0800. The van der Waals surface area contributed by atoms with Gasteiger partial charge >= 0.3 is 0 Å². The highest BCUT2D eigenvalue weighted by molar-refractivity contribution is 4.38. The van der Waals surface area contributed by atoms with Crippen LogP contribution in [0.15, 0.2) is 0 Å². The van der Waals surface area contributed by atoms with Crippen molar-refractivity contribution >= 4 is 0 Å². The summed E-state index contributed by atoms with van der Waals surface area (Å²) in [4.78, 5) is 0. The number of hydrogen-bond donors (Lipinski definition) is 1. The molecular weight excluding hydrogens is 90.1 g/mol. The van der Waals surface area contributed by atoms with Gasteiger partial charge in [0.05, 0.1) is 6.54 Å². The monoisotopic (exact) mass is 103 g/mol. The van der Waals surface area contributed by atoms with Crippen LogP contribution in [0, 0.1) is 7.05 Å². The predicted octanol–water partition coefficient (Wildman–Crippen LogP) is -0.624. The molecule has 0 saturated carbocycles. The first-order chi connectivity index (χ1) is 3.31. The van der Waals surface area contributed by atoms with E-state index < -0.39 is 0 Å². The molecule has 1 unspecified atom stereocenters. The zero-order valence-electron chi connectivity index (χ0n) is 4.98. The fourth-order valence-corrected chi connectivity index (χ4v) is 0.331. The lowest BCUT2D eigenvalue weighted by Crippen LogP contribution is -2.79. The normalized spacial score (nSPS) is 14.1. The van der Waals surface area contributed by atoms with Gasteiger partial charge in [0.1, 0.15) is 6.10 Å². The van der Waals surface area contributed by atoms with Crippen LogP contribution >= 0.6 is 0 Å². The van der Waals surface area contributed by atoms with Crippen LogP contribution in [0.25, 0.3) is 0 Å². The lowest BCUT2D eigenvalue weighted by Gasteiger charge is -2.06. The second-order valence-corrected chi connectivity index (χ2v) is 1.57. The van der Waals surface area contributed by atoms with E-state index >= 15 is 0 Å². The third-order valence-corrected chi connectivity index (χ3v) is 0.901. The van der Waals surface area contributed by atoms with Crippen molar-refractivity contribution < 1.29 is 10.1 Å². The van der Waals surface area contributed by atoms with Crippen molar-refractivity contribution in [2.45, 2.75) is 13.0 Å². The summed E-state index contributed by atoms with van der Waals surface area (Å²) in [6.07, 6.45) is 0.331. The molecule has 2 heteroatoms. The van der Waals surface area contributed by atoms with E-state index in [0.29, 0.717) is 6.10 Å². The number of nitrogens with two attached hydrogens (primary N) is 1. The topological polar surface area (TPSA) is 25.8 Å². The Balaban J connectivity index is 2.83. The van der Waals surface area contributed by atoms with E-state index in [-0.39, 0.29) is 0 Å². The minimum atomic E-state index is 0.331. The lowest BCUT2D eigenvalue weighted by molar-refractivity contribution is -0.602. The van der Waals surface area contributed by atoms with Crippen molar-refractivity contribution in [1.29, 1.82) is 0 Å². The third kappa shape index (κ3) is 3.76. The van der Waals surface area contributed by atoms with Gasteiger partial charge in [0.15, 0.2) is 0 Å². The van der Waals surface area contributed by atoms with Gasteiger partial charge < -0.3 is 10.1 Å². The first-order valence-corrected chi connectivity index (χ1v) is 2.45. The first-order valence-electron chi connectivity index (χ1n) is 2.45. The molecule has 0 aliphatic carbocycles. The predicted molar refractivity (Wildman–Crippen MR) is 28.6 cm³/mol. The highest BCUT2D eigenvalue weighted by atomic mass is 16.5. The van der Waals surface area contributed by atoms with E-state index in [9.17, 15) is 0 Å². The number of rotatable bonds is 3. The van der Waals surface area contributed by atoms with E-state index in [1.807, 2.05) is 12.2 Å². The van der Waals surface area contributed by atoms with Gasteiger partial charge in [0.2, 0.25) is 0 Å². The molecule has 0 aromatic heterocycles. The third-order valence-electron chi connectivity index (χ3n) is 0.901. The first kappa shape index (κ1) is 6.92. The molecule has 44 valence electrons. The van der Waals surface area contributed by atoms with Crippen LogP contribution in [0.3, 0.4) is 0 Å². The summed E-state index contributed by atoms with van der Waals surface area (Å²) in [6.45, 7) is 2.96. The summed E-state index contributed by atoms with van der Waals surface area (Å²) in [6, 6.07) is 0. The molecule has 0 aromatic rings. The Labute approximate surface area is 44.9 Å². The van der Waals surface area contributed by atoms with Crippen molar-refractivity contribution in [3.05, 3.63) is 7.05 Å². The molecule has 0 aliphatic heterocycles. The molecule has 7 heavy (non-hydrogen) atoms. The molecule has 0 heterocycles. The van der Waals surface area contributed by atoms with Crippen LogP contribution in [0.4, 0.5) is 0 Å². The quantitative estimate of drug-likeness (QED) is 0.473. The van der Waals surface area contributed by atoms with Gasteiger partial charge in [-0.25, -0.2) is 0 Å². The molecule has 0 spiro atoms. The molecule has 0 saturated heterocycles. The Morgan fingerprint density at radius 2 is 2.43 bits per heavy atom. The number of methoxy groups -OCH3 is 1. The van der Waals surface area contributed by atoms with Gasteiger partial charge in [-0.05, 0) is 6.92 Å². The molecular formula is C5H13NO. The van der Waals surface area contributed by atoms with Crippen molar-refractivity contribution in [2.24, 2.45) is 0 Å². The molecule has 0 aromatic carbocycles. The van der Waals surface area contributed by atoms with E-state index in [2.05, 4.69) is 7.05 Å². The van der Waals surface area contributed by atoms with Crippen LogP contribution in [-0.4, -0.2) is 19.8 Å². The van der Waals surface area contributed by atoms with E-state index in [1.54, 1.807) is 7.11 Å². The molecule has 0 amide bonds. The summed E-state index contributed by atoms with van der Waals surface area (Å²) < 4.78 is 4.92. The zero-order chi connectivity index (χ0) is 5.70. The molecule has 0 aliphatic rings. The van der Waals surface area contributed by atoms with Crippen molar-refractivity contribution in [1.82, 2.24) is 0 Å². The van der Waals surface area contributed by atoms with Crippen LogP contribution in [0.2, 0.25) is 0 Å². The van der Waals surface area contributed by atoms with Gasteiger partial charge in [-0.2, -0.15) is 7.05 Å². The Kier molecular flexibility index (Phi) is 4.04. The summed E-state index contributed by atoms with van der Waals surface area (Å²) in [7, 11) is 5.27. The number of hydrogen-bond acceptors (Lipinski definition) is 1. The summed E-state index contributed by atoms with van der Waals surface area (Å²) in [5.41, 5.74) is 0. The van der Waals surface area contributed by atoms with Gasteiger partial charge in [0.25, 0.3) is 0 Å². The standard InChI is InChI=1S/C5H13NO/c1-5(7-3)4-6-2/h5H,2,4,6H2,1,3H3. The van der Waals surface area contributed by atoms with E-state index in [0.717, 1.165) is 6.54 Å². The molecule has 1 atom stereocenters. The maximum absolute atomic E-state index is 4.92. The van der Waals surface area contributed by atoms with Gasteiger partial charge in [0, 0.05) is 7.11 Å². The van der Waals surface area contributed by atoms with Crippen molar-refractivity contribution in [3.8, 4) is 0 Å². The van der Waals surface area contributed by atoms with Crippen molar-refractivity contribution in [3.63, 3.8) is 0 Å². The highest BCUT2D eigenvalue weighted by Crippen LogP contribution is 1.77. The van der Waals surface area contributed by atoms with Crippen LogP contribution in [0.1, 0.15) is 6.92 Å². The highest BCUT2D eigenvalue weighted by Gasteiger charge is 1.93. The van der Waals surface area contributed by atoms with Crippen molar-refractivity contribution in [2.75, 3.05) is 13.7 Å². The number of quaternary nitrogens is 1. The average Bonchev–Trinajstić information content (AvgIpc) is 1.68. The van der Waals surface area contributed by atoms with Gasteiger partial charge in [-0.15, -0.1) is 0 Å². The lowest BCUT2D eigenvalue weighted by atomic mass is 10.4. The van der Waals surface area contributed by atoms with Gasteiger partial charge in [-0.1, -0.05) is 0 Å². The second kappa shape index (κ2) is 4.09. The van der Waals surface area contributed by atoms with Crippen LogP contribution in [0.5, 0.6) is 0 Å². The summed E-state index contributed by atoms with van der Waals surface area (Å²) in [5.74, 6) is 0. The summed E-state index contributed by atoms with van der Waals surface area (Å²) in [5, 5.41) is 1.86. The fourth-order valence-electron chi connectivity index (χ4n) is 0.331. The average molecular weight is 103 g/mol. The molecule has 0 bridgehead atoms. The summed E-state index contributed by atoms with van der Waals surface area (Å²) >= 11 is 0. The zero-order valence-corrected chi connectivity index (χ0v) is 4.98. The molecule has 0 rings (SSSR count). The van der Waals surface area contributed by atoms with E-state index in [1.165, 1.54) is 0 Å². The minimum absolute atomic E-state index is 0.331. The largest absolute Gasteiger partial charge is 0.477 e. The number of ether oxygens (including phenoxy) is 1. The molecule has 2 N–H and O–H groups in total. The molecule has 2 nitrogen and oxygen atoms in total. The van der Waals surface area contributed by atoms with Crippen LogP contribution in [-0.2, 0) is 4.74 Å². The SMILES string of the molecule is [CH2-][NH2+]CC(C)OC. The second-order valence-electron chi connectivity index (χ2n) is 1.57. The Morgan fingerprint density at radius 3 is 2.57 bits per heavy atom. The minimum Gasteiger partial charge on any atom is -0.477 e. The Morgan fingerprint density at radius 1 is 1.86 bits per heavy atom.